The Kier molecular flexibility index (Phi) is 3.20. The number of Topliss-reactive ketones (excluding diaryl/α,β-unsaturated/α-hetero) is 1. The van der Waals surface area contributed by atoms with Gasteiger partial charge in [-0.2, -0.15) is 13.2 Å². The van der Waals surface area contributed by atoms with Crippen molar-refractivity contribution in [2.45, 2.75) is 6.18 Å². The summed E-state index contributed by atoms with van der Waals surface area (Å²) in [6.07, 6.45) is -4.09. The Balaban J connectivity index is 2.23. The molecule has 0 N–H and O–H groups in total. The molecule has 3 rings (SSSR count). The summed E-state index contributed by atoms with van der Waals surface area (Å²) in [5.41, 5.74) is -0.0723. The average molecular weight is 302 g/mol. The molecule has 0 radical (unpaired) electrons. The lowest BCUT2D eigenvalue weighted by molar-refractivity contribution is -0.137. The van der Waals surface area contributed by atoms with Crippen molar-refractivity contribution in [1.29, 1.82) is 0 Å². The molecule has 0 amide bonds. The first-order valence-corrected chi connectivity index (χ1v) is 6.44. The molecule has 2 aromatic carbocycles. The molecule has 0 aromatic heterocycles. The summed E-state index contributed by atoms with van der Waals surface area (Å²) < 4.78 is 38.4. The molecule has 2 aromatic rings. The van der Waals surface area contributed by atoms with Crippen molar-refractivity contribution in [3.63, 3.8) is 0 Å². The van der Waals surface area contributed by atoms with E-state index in [-0.39, 0.29) is 22.3 Å². The Morgan fingerprint density at radius 1 is 0.909 bits per heavy atom. The lowest BCUT2D eigenvalue weighted by Gasteiger charge is -2.08. The normalized spacial score (nSPS) is 14.2. The maximum atomic E-state index is 12.8. The first-order valence-electron chi connectivity index (χ1n) is 6.44. The zero-order valence-electron chi connectivity index (χ0n) is 11.1. The first kappa shape index (κ1) is 14.3. The summed E-state index contributed by atoms with van der Waals surface area (Å²) in [6.45, 7) is 0. The van der Waals surface area contributed by atoms with Gasteiger partial charge in [0.2, 0.25) is 0 Å². The van der Waals surface area contributed by atoms with E-state index >= 15 is 0 Å². The van der Waals surface area contributed by atoms with Crippen molar-refractivity contribution >= 4 is 23.2 Å². The van der Waals surface area contributed by atoms with Gasteiger partial charge in [0.05, 0.1) is 5.56 Å². The van der Waals surface area contributed by atoms with Crippen molar-refractivity contribution in [2.75, 3.05) is 0 Å². The van der Waals surface area contributed by atoms with Crippen LogP contribution < -0.4 is 0 Å². The number of hydrogen-bond acceptors (Lipinski definition) is 2. The molecule has 5 heteroatoms. The van der Waals surface area contributed by atoms with Gasteiger partial charge in [0.1, 0.15) is 0 Å². The quantitative estimate of drug-likeness (QED) is 0.785. The number of alkyl halides is 3. The smallest absolute Gasteiger partial charge is 0.298 e. The summed E-state index contributed by atoms with van der Waals surface area (Å²) >= 11 is 0. The highest BCUT2D eigenvalue weighted by Crippen LogP contribution is 2.40. The monoisotopic (exact) mass is 302 g/mol. The molecule has 0 fully saturated rings. The van der Waals surface area contributed by atoms with Crippen LogP contribution in [0.3, 0.4) is 0 Å². The second-order valence-electron chi connectivity index (χ2n) is 4.86. The highest BCUT2D eigenvalue weighted by Gasteiger charge is 2.35. The molecule has 0 heterocycles. The average Bonchev–Trinajstić information content (AvgIpc) is 2.79. The molecule has 1 aliphatic carbocycles. The summed E-state index contributed by atoms with van der Waals surface area (Å²) in [4.78, 5) is 23.8. The van der Waals surface area contributed by atoms with Crippen LogP contribution in [0.2, 0.25) is 0 Å². The van der Waals surface area contributed by atoms with E-state index in [1.165, 1.54) is 0 Å². The number of carbonyl (C=O) groups is 2. The third-order valence-electron chi connectivity index (χ3n) is 3.56. The van der Waals surface area contributed by atoms with Crippen LogP contribution in [-0.4, -0.2) is 12.1 Å². The number of benzene rings is 2. The maximum absolute atomic E-state index is 12.8. The van der Waals surface area contributed by atoms with E-state index in [0.29, 0.717) is 11.8 Å². The minimum Gasteiger partial charge on any atom is -0.298 e. The van der Waals surface area contributed by atoms with Crippen LogP contribution in [0, 0.1) is 0 Å². The largest absolute Gasteiger partial charge is 0.416 e. The SMILES string of the molecule is O=CC1=C(c2ccccc2)C(=O)c2ccc(C(F)(F)F)cc21. The predicted octanol–water partition coefficient (Wildman–Crippen LogP) is 4.01. The lowest BCUT2D eigenvalue weighted by Crippen LogP contribution is -2.06. The van der Waals surface area contributed by atoms with E-state index in [1.807, 2.05) is 0 Å². The number of halogens is 3. The Bertz CT molecular complexity index is 802. The third-order valence-corrected chi connectivity index (χ3v) is 3.56. The van der Waals surface area contributed by atoms with Gasteiger partial charge in [-0.05, 0) is 29.3 Å². The van der Waals surface area contributed by atoms with Gasteiger partial charge in [0.25, 0.3) is 0 Å². The van der Waals surface area contributed by atoms with Gasteiger partial charge in [0.15, 0.2) is 12.1 Å². The molecule has 2 nitrogen and oxygen atoms in total. The topological polar surface area (TPSA) is 34.1 Å². The van der Waals surface area contributed by atoms with Gasteiger partial charge in [-0.1, -0.05) is 30.3 Å². The van der Waals surface area contributed by atoms with E-state index in [0.717, 1.165) is 18.2 Å². The predicted molar refractivity (Wildman–Crippen MR) is 75.1 cm³/mol. The second kappa shape index (κ2) is 4.94. The van der Waals surface area contributed by atoms with E-state index in [4.69, 9.17) is 0 Å². The fourth-order valence-corrected chi connectivity index (χ4v) is 2.55. The molecular weight excluding hydrogens is 293 g/mol. The number of carbonyl (C=O) groups excluding carboxylic acids is 2. The lowest BCUT2D eigenvalue weighted by atomic mass is 10.0. The highest BCUT2D eigenvalue weighted by atomic mass is 19.4. The molecule has 22 heavy (non-hydrogen) atoms. The third kappa shape index (κ3) is 2.15. The van der Waals surface area contributed by atoms with Gasteiger partial charge in [-0.25, -0.2) is 0 Å². The van der Waals surface area contributed by atoms with Crippen LogP contribution >= 0.6 is 0 Å². The Morgan fingerprint density at radius 3 is 2.18 bits per heavy atom. The van der Waals surface area contributed by atoms with Crippen LogP contribution in [0.5, 0.6) is 0 Å². The van der Waals surface area contributed by atoms with Crippen molar-refractivity contribution < 1.29 is 22.8 Å². The molecule has 0 unspecified atom stereocenters. The Hall–Kier alpha value is -2.69. The maximum Gasteiger partial charge on any atom is 0.416 e. The summed E-state index contributed by atoms with van der Waals surface area (Å²) in [5, 5.41) is 0. The van der Waals surface area contributed by atoms with Crippen molar-refractivity contribution in [2.24, 2.45) is 0 Å². The second-order valence-corrected chi connectivity index (χ2v) is 4.86. The molecule has 0 spiro atoms. The summed E-state index contributed by atoms with van der Waals surface area (Å²) in [7, 11) is 0. The Morgan fingerprint density at radius 2 is 1.59 bits per heavy atom. The highest BCUT2D eigenvalue weighted by molar-refractivity contribution is 6.46. The van der Waals surface area contributed by atoms with Crippen LogP contribution in [0.4, 0.5) is 13.2 Å². The summed E-state index contributed by atoms with van der Waals surface area (Å²) in [6, 6.07) is 11.3. The number of fused-ring (bicyclic) bond motifs is 1. The number of hydrogen-bond donors (Lipinski definition) is 0. The molecule has 0 saturated heterocycles. The standard InChI is InChI=1S/C17H9F3O2/c18-17(19,20)11-6-7-12-13(8-11)14(9-21)15(16(12)22)10-4-2-1-3-5-10/h1-9H. The van der Waals surface area contributed by atoms with E-state index in [1.54, 1.807) is 30.3 Å². The molecule has 1 aliphatic rings. The Labute approximate surface area is 123 Å². The van der Waals surface area contributed by atoms with Crippen molar-refractivity contribution in [3.8, 4) is 0 Å². The van der Waals surface area contributed by atoms with Gasteiger partial charge in [0, 0.05) is 16.7 Å². The first-order chi connectivity index (χ1) is 10.4. The number of rotatable bonds is 2. The van der Waals surface area contributed by atoms with Crippen LogP contribution in [0.15, 0.2) is 48.5 Å². The fraction of sp³-hybridized carbons (Fsp3) is 0.0588. The van der Waals surface area contributed by atoms with Crippen LogP contribution in [0.25, 0.3) is 11.1 Å². The van der Waals surface area contributed by atoms with Crippen molar-refractivity contribution in [1.82, 2.24) is 0 Å². The van der Waals surface area contributed by atoms with E-state index in [9.17, 15) is 22.8 Å². The van der Waals surface area contributed by atoms with E-state index < -0.39 is 17.5 Å². The number of ketones is 1. The fourth-order valence-electron chi connectivity index (χ4n) is 2.55. The van der Waals surface area contributed by atoms with Gasteiger partial charge in [-0.3, -0.25) is 9.59 Å². The number of aldehydes is 1. The molecule has 0 aliphatic heterocycles. The molecular formula is C17H9F3O2. The summed E-state index contributed by atoms with van der Waals surface area (Å²) in [5.74, 6) is -0.433. The molecule has 0 bridgehead atoms. The molecule has 110 valence electrons. The van der Waals surface area contributed by atoms with Gasteiger partial charge < -0.3 is 0 Å². The zero-order chi connectivity index (χ0) is 15.9. The van der Waals surface area contributed by atoms with Gasteiger partial charge in [-0.15, -0.1) is 0 Å². The zero-order valence-corrected chi connectivity index (χ0v) is 11.1. The van der Waals surface area contributed by atoms with Crippen LogP contribution in [0.1, 0.15) is 27.0 Å². The minimum absolute atomic E-state index is 0.00250. The van der Waals surface area contributed by atoms with Crippen LogP contribution in [-0.2, 0) is 11.0 Å². The number of allylic oxidation sites excluding steroid dienone is 2. The molecule has 0 atom stereocenters. The minimum atomic E-state index is -4.53. The van der Waals surface area contributed by atoms with E-state index in [2.05, 4.69) is 0 Å². The molecule has 0 saturated carbocycles. The van der Waals surface area contributed by atoms with Crippen molar-refractivity contribution in [3.05, 3.63) is 70.8 Å². The van der Waals surface area contributed by atoms with Gasteiger partial charge >= 0.3 is 6.18 Å².